The third-order valence-electron chi connectivity index (χ3n) is 6.51. The second kappa shape index (κ2) is 10.0. The molecule has 0 bridgehead atoms. The maximum Gasteiger partial charge on any atom is 0.261 e. The number of aromatic nitrogens is 1. The second-order valence-corrected chi connectivity index (χ2v) is 15.3. The van der Waals surface area contributed by atoms with Crippen LogP contribution in [-0.4, -0.2) is 25.8 Å². The molecular formula is C29H32BrNO2Si. The van der Waals surface area contributed by atoms with E-state index in [1.807, 2.05) is 18.2 Å². The molecule has 0 aliphatic carbocycles. The van der Waals surface area contributed by atoms with Gasteiger partial charge in [-0.1, -0.05) is 110 Å². The lowest BCUT2D eigenvalue weighted by Gasteiger charge is -2.43. The normalized spacial score (nSPS) is 13.2. The molecule has 0 spiro atoms. The maximum absolute atomic E-state index is 11.8. The van der Waals surface area contributed by atoms with Crippen LogP contribution in [-0.2, 0) is 11.0 Å². The lowest BCUT2D eigenvalue weighted by molar-refractivity contribution is 0.111. The van der Waals surface area contributed by atoms with Gasteiger partial charge in [0.25, 0.3) is 8.32 Å². The summed E-state index contributed by atoms with van der Waals surface area (Å²) in [6.07, 6.45) is 0.948. The summed E-state index contributed by atoms with van der Waals surface area (Å²) in [5.74, 6) is 0.218. The first-order valence-corrected chi connectivity index (χ1v) is 14.5. The van der Waals surface area contributed by atoms with Crippen molar-refractivity contribution >= 4 is 51.8 Å². The van der Waals surface area contributed by atoms with Crippen molar-refractivity contribution in [3.63, 3.8) is 0 Å². The van der Waals surface area contributed by atoms with Crippen LogP contribution in [0.25, 0.3) is 10.9 Å². The highest BCUT2D eigenvalue weighted by Gasteiger charge is 2.50. The first kappa shape index (κ1) is 24.6. The molecule has 3 aromatic carbocycles. The van der Waals surface area contributed by atoms with Crippen LogP contribution in [0.3, 0.4) is 0 Å². The molecule has 0 saturated carbocycles. The van der Waals surface area contributed by atoms with Crippen molar-refractivity contribution < 1.29 is 9.22 Å². The van der Waals surface area contributed by atoms with Gasteiger partial charge in [0.15, 0.2) is 6.29 Å². The lowest BCUT2D eigenvalue weighted by Crippen LogP contribution is -2.66. The van der Waals surface area contributed by atoms with E-state index in [-0.39, 0.29) is 11.0 Å². The van der Waals surface area contributed by atoms with Gasteiger partial charge >= 0.3 is 0 Å². The summed E-state index contributed by atoms with van der Waals surface area (Å²) in [6.45, 7) is 10.4. The van der Waals surface area contributed by atoms with E-state index >= 15 is 0 Å². The Hall–Kier alpha value is -2.47. The number of hydrogen-bond donors (Lipinski definition) is 0. The standard InChI is InChI=1S/C29H32BrNO2Si/c1-22(19-31-25(20-32)17-23-15-16-24(30)18-28(23)31)21-33-34(29(2,3)4,26-11-7-5-8-12-26)27-13-9-6-10-14-27/h5-18,20,22H,19,21H2,1-4H3/t22-/m1/s1. The van der Waals surface area contributed by atoms with Gasteiger partial charge in [-0.25, -0.2) is 0 Å². The van der Waals surface area contributed by atoms with Crippen LogP contribution in [0.4, 0.5) is 0 Å². The van der Waals surface area contributed by atoms with Crippen molar-refractivity contribution in [2.75, 3.05) is 6.61 Å². The van der Waals surface area contributed by atoms with Gasteiger partial charge in [0.2, 0.25) is 0 Å². The first-order valence-electron chi connectivity index (χ1n) is 11.8. The molecule has 34 heavy (non-hydrogen) atoms. The van der Waals surface area contributed by atoms with E-state index < -0.39 is 8.32 Å². The average Bonchev–Trinajstić information content (AvgIpc) is 3.16. The van der Waals surface area contributed by atoms with Gasteiger partial charge in [-0.2, -0.15) is 0 Å². The maximum atomic E-state index is 11.8. The zero-order valence-electron chi connectivity index (χ0n) is 20.3. The van der Waals surface area contributed by atoms with Crippen LogP contribution in [0.15, 0.2) is 89.4 Å². The van der Waals surface area contributed by atoms with Gasteiger partial charge in [0, 0.05) is 28.5 Å². The van der Waals surface area contributed by atoms with Crippen molar-refractivity contribution in [1.82, 2.24) is 4.57 Å². The van der Waals surface area contributed by atoms with Crippen molar-refractivity contribution in [1.29, 1.82) is 0 Å². The fourth-order valence-corrected chi connectivity index (χ4v) is 9.98. The molecule has 0 amide bonds. The summed E-state index contributed by atoms with van der Waals surface area (Å²) in [5.41, 5.74) is 1.76. The Morgan fingerprint density at radius 2 is 1.53 bits per heavy atom. The largest absolute Gasteiger partial charge is 0.407 e. The van der Waals surface area contributed by atoms with Crippen molar-refractivity contribution in [2.24, 2.45) is 5.92 Å². The van der Waals surface area contributed by atoms with E-state index in [2.05, 4.69) is 115 Å². The predicted molar refractivity (Wildman–Crippen MR) is 148 cm³/mol. The molecule has 0 saturated heterocycles. The lowest BCUT2D eigenvalue weighted by atomic mass is 10.2. The van der Waals surface area contributed by atoms with Crippen LogP contribution in [0, 0.1) is 5.92 Å². The van der Waals surface area contributed by atoms with Gasteiger partial charge in [0.05, 0.1) is 5.69 Å². The van der Waals surface area contributed by atoms with Gasteiger partial charge < -0.3 is 8.99 Å². The minimum Gasteiger partial charge on any atom is -0.407 e. The number of aldehydes is 1. The van der Waals surface area contributed by atoms with Crippen LogP contribution >= 0.6 is 15.9 Å². The van der Waals surface area contributed by atoms with Gasteiger partial charge in [-0.15, -0.1) is 0 Å². The van der Waals surface area contributed by atoms with Crippen LogP contribution in [0.1, 0.15) is 38.2 Å². The molecule has 1 aromatic heterocycles. The average molecular weight is 535 g/mol. The third-order valence-corrected chi connectivity index (χ3v) is 12.0. The van der Waals surface area contributed by atoms with Gasteiger partial charge in [0.1, 0.15) is 0 Å². The molecule has 0 fully saturated rings. The molecule has 1 heterocycles. The highest BCUT2D eigenvalue weighted by molar-refractivity contribution is 9.10. The van der Waals surface area contributed by atoms with E-state index in [1.165, 1.54) is 10.4 Å². The number of hydrogen-bond acceptors (Lipinski definition) is 2. The number of fused-ring (bicyclic) bond motifs is 1. The van der Waals surface area contributed by atoms with Gasteiger partial charge in [-0.05, 0) is 39.5 Å². The molecule has 0 aliphatic heterocycles. The number of halogens is 1. The number of nitrogens with zero attached hydrogens (tertiary/aromatic N) is 1. The van der Waals surface area contributed by atoms with Crippen LogP contribution in [0.2, 0.25) is 5.04 Å². The molecule has 0 N–H and O–H groups in total. The zero-order chi connectivity index (χ0) is 24.3. The summed E-state index contributed by atoms with van der Waals surface area (Å²) in [5, 5.41) is 3.58. The highest BCUT2D eigenvalue weighted by Crippen LogP contribution is 2.37. The Labute approximate surface area is 212 Å². The van der Waals surface area contributed by atoms with Crippen molar-refractivity contribution in [2.45, 2.75) is 39.3 Å². The fourth-order valence-electron chi connectivity index (χ4n) is 4.94. The van der Waals surface area contributed by atoms with Crippen molar-refractivity contribution in [3.05, 3.63) is 95.1 Å². The Morgan fingerprint density at radius 3 is 2.06 bits per heavy atom. The minimum absolute atomic E-state index is 0.0611. The Bertz CT molecular complexity index is 1220. The topological polar surface area (TPSA) is 31.2 Å². The van der Waals surface area contributed by atoms with E-state index in [1.54, 1.807) is 0 Å². The Kier molecular flexibility index (Phi) is 7.27. The fraction of sp³-hybridized carbons (Fsp3) is 0.276. The number of benzene rings is 3. The van der Waals surface area contributed by atoms with Crippen LogP contribution in [0.5, 0.6) is 0 Å². The molecule has 0 radical (unpaired) electrons. The van der Waals surface area contributed by atoms with Gasteiger partial charge in [-0.3, -0.25) is 4.79 Å². The Balaban J connectivity index is 1.69. The second-order valence-electron chi connectivity index (χ2n) is 10.1. The zero-order valence-corrected chi connectivity index (χ0v) is 22.9. The quantitative estimate of drug-likeness (QED) is 0.193. The molecular weight excluding hydrogens is 502 g/mol. The number of carbonyl (C=O) groups is 1. The van der Waals surface area contributed by atoms with Crippen LogP contribution < -0.4 is 10.4 Å². The summed E-state index contributed by atoms with van der Waals surface area (Å²) >= 11 is 3.57. The predicted octanol–water partition coefficient (Wildman–Crippen LogP) is 6.43. The summed E-state index contributed by atoms with van der Waals surface area (Å²) in [4.78, 5) is 11.8. The molecule has 4 aromatic rings. The van der Waals surface area contributed by atoms with E-state index in [4.69, 9.17) is 4.43 Å². The summed E-state index contributed by atoms with van der Waals surface area (Å²) in [6, 6.07) is 29.5. The summed E-state index contributed by atoms with van der Waals surface area (Å²) in [7, 11) is -2.58. The highest BCUT2D eigenvalue weighted by atomic mass is 79.9. The SMILES string of the molecule is C[C@@H](CO[Si](c1ccccc1)(c1ccccc1)C(C)(C)C)Cn1c(C=O)cc2ccc(Br)cc21. The number of carbonyl (C=O) groups excluding carboxylic acids is 1. The smallest absolute Gasteiger partial charge is 0.261 e. The molecule has 1 atom stereocenters. The van der Waals surface area contributed by atoms with E-state index in [0.717, 1.165) is 21.7 Å². The molecule has 3 nitrogen and oxygen atoms in total. The Morgan fingerprint density at radius 1 is 0.941 bits per heavy atom. The van der Waals surface area contributed by atoms with E-state index in [9.17, 15) is 4.79 Å². The summed E-state index contributed by atoms with van der Waals surface area (Å²) < 4.78 is 10.2. The van der Waals surface area contributed by atoms with E-state index in [0.29, 0.717) is 18.8 Å². The van der Waals surface area contributed by atoms with Crippen molar-refractivity contribution in [3.8, 4) is 0 Å². The molecule has 5 heteroatoms. The molecule has 4 rings (SSSR count). The molecule has 0 aliphatic rings. The molecule has 176 valence electrons. The minimum atomic E-state index is -2.58. The molecule has 0 unspecified atom stereocenters. The number of rotatable bonds is 8. The first-order chi connectivity index (χ1) is 16.3. The third kappa shape index (κ3) is 4.70. The monoisotopic (exact) mass is 533 g/mol.